The Hall–Kier alpha value is -0.340. The predicted molar refractivity (Wildman–Crippen MR) is 75.2 cm³/mol. The monoisotopic (exact) mass is 283 g/mol. The van der Waals surface area contributed by atoms with E-state index < -0.39 is 0 Å². The van der Waals surface area contributed by atoms with Gasteiger partial charge < -0.3 is 4.90 Å². The fourth-order valence-corrected chi connectivity index (χ4v) is 2.21. The summed E-state index contributed by atoms with van der Waals surface area (Å²) < 4.78 is 0. The first kappa shape index (κ1) is 13.7. The second-order valence-corrected chi connectivity index (χ2v) is 5.21. The number of halogens is 1. The maximum atomic E-state index is 3.47. The van der Waals surface area contributed by atoms with Gasteiger partial charge in [-0.05, 0) is 44.5 Å². The van der Waals surface area contributed by atoms with Crippen LogP contribution in [0.3, 0.4) is 0 Å². The van der Waals surface area contributed by atoms with E-state index in [0.717, 1.165) is 11.9 Å². The molecule has 0 aromatic heterocycles. The lowest BCUT2D eigenvalue weighted by Crippen LogP contribution is -2.19. The van der Waals surface area contributed by atoms with Crippen molar-refractivity contribution in [3.8, 4) is 0 Å². The Morgan fingerprint density at radius 2 is 1.88 bits per heavy atom. The van der Waals surface area contributed by atoms with Gasteiger partial charge in [-0.25, -0.2) is 0 Å². The zero-order chi connectivity index (χ0) is 11.8. The molecule has 0 spiro atoms. The third-order valence-electron chi connectivity index (χ3n) is 2.87. The van der Waals surface area contributed by atoms with Crippen LogP contribution in [0.5, 0.6) is 0 Å². The molecule has 0 aliphatic heterocycles. The summed E-state index contributed by atoms with van der Waals surface area (Å²) in [5.41, 5.74) is 2.85. The first-order chi connectivity index (χ1) is 7.74. The van der Waals surface area contributed by atoms with Crippen molar-refractivity contribution in [3.63, 3.8) is 0 Å². The lowest BCUT2D eigenvalue weighted by Gasteiger charge is -2.17. The summed E-state index contributed by atoms with van der Waals surface area (Å²) in [4.78, 5) is 2.41. The summed E-state index contributed by atoms with van der Waals surface area (Å²) in [5, 5.41) is 1.13. The highest BCUT2D eigenvalue weighted by molar-refractivity contribution is 9.09. The van der Waals surface area contributed by atoms with E-state index in [1.807, 2.05) is 0 Å². The van der Waals surface area contributed by atoms with E-state index >= 15 is 0 Å². The molecule has 1 rings (SSSR count). The number of unbranched alkanes of at least 4 members (excludes halogenated alkanes) is 2. The van der Waals surface area contributed by atoms with E-state index in [1.54, 1.807) is 0 Å². The Kier molecular flexibility index (Phi) is 6.74. The highest BCUT2D eigenvalue weighted by Gasteiger charge is 2.02. The number of alkyl halides is 1. The van der Waals surface area contributed by atoms with Crippen LogP contribution in [0.4, 0.5) is 0 Å². The van der Waals surface area contributed by atoms with Crippen LogP contribution in [-0.2, 0) is 6.54 Å². The number of hydrogen-bond donors (Lipinski definition) is 0. The van der Waals surface area contributed by atoms with Crippen molar-refractivity contribution >= 4 is 15.9 Å². The topological polar surface area (TPSA) is 3.24 Å². The third kappa shape index (κ3) is 5.13. The SMILES string of the molecule is Cc1ccccc1CN(C)CCCCCBr. The second kappa shape index (κ2) is 7.86. The van der Waals surface area contributed by atoms with E-state index in [-0.39, 0.29) is 0 Å². The number of aryl methyl sites for hydroxylation is 1. The molecule has 1 nitrogen and oxygen atoms in total. The minimum Gasteiger partial charge on any atom is -0.302 e. The van der Waals surface area contributed by atoms with Gasteiger partial charge in [-0.3, -0.25) is 0 Å². The first-order valence-corrected chi connectivity index (χ1v) is 7.15. The van der Waals surface area contributed by atoms with E-state index in [1.165, 1.54) is 36.9 Å². The van der Waals surface area contributed by atoms with Gasteiger partial charge >= 0.3 is 0 Å². The molecule has 0 radical (unpaired) electrons. The molecule has 0 N–H and O–H groups in total. The van der Waals surface area contributed by atoms with Gasteiger partial charge in [0, 0.05) is 11.9 Å². The molecule has 0 unspecified atom stereocenters. The van der Waals surface area contributed by atoms with Gasteiger partial charge in [-0.2, -0.15) is 0 Å². The average Bonchev–Trinajstić information content (AvgIpc) is 2.28. The lowest BCUT2D eigenvalue weighted by atomic mass is 10.1. The van der Waals surface area contributed by atoms with E-state index in [0.29, 0.717) is 0 Å². The maximum Gasteiger partial charge on any atom is 0.0233 e. The number of benzene rings is 1. The summed E-state index contributed by atoms with van der Waals surface area (Å²) in [7, 11) is 2.21. The number of nitrogens with zero attached hydrogens (tertiary/aromatic N) is 1. The average molecular weight is 284 g/mol. The van der Waals surface area contributed by atoms with E-state index in [4.69, 9.17) is 0 Å². The molecule has 1 aromatic rings. The van der Waals surface area contributed by atoms with Crippen molar-refractivity contribution in [3.05, 3.63) is 35.4 Å². The van der Waals surface area contributed by atoms with Gasteiger partial charge in [0.05, 0.1) is 0 Å². The fourth-order valence-electron chi connectivity index (χ4n) is 1.81. The maximum absolute atomic E-state index is 3.47. The van der Waals surface area contributed by atoms with Gasteiger partial charge in [0.2, 0.25) is 0 Å². The molecule has 0 saturated heterocycles. The Morgan fingerprint density at radius 1 is 1.12 bits per heavy atom. The Balaban J connectivity index is 2.28. The van der Waals surface area contributed by atoms with Crippen LogP contribution in [0.25, 0.3) is 0 Å². The Labute approximate surface area is 108 Å². The van der Waals surface area contributed by atoms with Crippen LogP contribution in [0.15, 0.2) is 24.3 Å². The van der Waals surface area contributed by atoms with Gasteiger partial charge in [-0.15, -0.1) is 0 Å². The molecule has 0 saturated carbocycles. The Morgan fingerprint density at radius 3 is 2.56 bits per heavy atom. The normalized spacial score (nSPS) is 11.0. The highest BCUT2D eigenvalue weighted by atomic mass is 79.9. The molecule has 0 fully saturated rings. The summed E-state index contributed by atoms with van der Waals surface area (Å²) >= 11 is 3.47. The quantitative estimate of drug-likeness (QED) is 0.540. The first-order valence-electron chi connectivity index (χ1n) is 6.03. The van der Waals surface area contributed by atoms with Crippen molar-refractivity contribution in [1.82, 2.24) is 4.90 Å². The molecular weight excluding hydrogens is 262 g/mol. The van der Waals surface area contributed by atoms with Gasteiger partial charge in [-0.1, -0.05) is 46.6 Å². The van der Waals surface area contributed by atoms with Crippen LogP contribution in [0, 0.1) is 6.92 Å². The second-order valence-electron chi connectivity index (χ2n) is 4.41. The molecule has 0 heterocycles. The van der Waals surface area contributed by atoms with Gasteiger partial charge in [0.1, 0.15) is 0 Å². The van der Waals surface area contributed by atoms with Gasteiger partial charge in [0.15, 0.2) is 0 Å². The van der Waals surface area contributed by atoms with Gasteiger partial charge in [0.25, 0.3) is 0 Å². The largest absolute Gasteiger partial charge is 0.302 e. The van der Waals surface area contributed by atoms with Crippen LogP contribution in [0.2, 0.25) is 0 Å². The minimum absolute atomic E-state index is 1.07. The number of rotatable bonds is 7. The zero-order valence-corrected chi connectivity index (χ0v) is 12.0. The molecule has 1 aromatic carbocycles. The van der Waals surface area contributed by atoms with Crippen molar-refractivity contribution < 1.29 is 0 Å². The molecule has 2 heteroatoms. The predicted octanol–water partition coefficient (Wildman–Crippen LogP) is 3.99. The van der Waals surface area contributed by atoms with Crippen molar-refractivity contribution in [2.75, 3.05) is 18.9 Å². The smallest absolute Gasteiger partial charge is 0.0233 e. The fraction of sp³-hybridized carbons (Fsp3) is 0.571. The summed E-state index contributed by atoms with van der Waals surface area (Å²) in [6, 6.07) is 8.65. The summed E-state index contributed by atoms with van der Waals surface area (Å²) in [6.07, 6.45) is 3.91. The molecule has 0 atom stereocenters. The lowest BCUT2D eigenvalue weighted by molar-refractivity contribution is 0.318. The molecule has 0 aliphatic carbocycles. The van der Waals surface area contributed by atoms with Crippen LogP contribution in [0.1, 0.15) is 30.4 Å². The highest BCUT2D eigenvalue weighted by Crippen LogP contribution is 2.10. The summed E-state index contributed by atoms with van der Waals surface area (Å²) in [6.45, 7) is 4.45. The molecule has 0 amide bonds. The summed E-state index contributed by atoms with van der Waals surface area (Å²) in [5.74, 6) is 0. The Bertz CT molecular complexity index is 299. The van der Waals surface area contributed by atoms with Crippen molar-refractivity contribution in [2.24, 2.45) is 0 Å². The van der Waals surface area contributed by atoms with Crippen LogP contribution in [-0.4, -0.2) is 23.8 Å². The van der Waals surface area contributed by atoms with E-state index in [9.17, 15) is 0 Å². The molecular formula is C14H22BrN. The number of hydrogen-bond acceptors (Lipinski definition) is 1. The molecule has 90 valence electrons. The van der Waals surface area contributed by atoms with Crippen LogP contribution >= 0.6 is 15.9 Å². The van der Waals surface area contributed by atoms with Crippen molar-refractivity contribution in [2.45, 2.75) is 32.7 Å². The van der Waals surface area contributed by atoms with Crippen molar-refractivity contribution in [1.29, 1.82) is 0 Å². The molecule has 0 aliphatic rings. The minimum atomic E-state index is 1.07. The van der Waals surface area contributed by atoms with Crippen LogP contribution < -0.4 is 0 Å². The molecule has 16 heavy (non-hydrogen) atoms. The zero-order valence-electron chi connectivity index (χ0n) is 10.4. The third-order valence-corrected chi connectivity index (χ3v) is 3.44. The standard InChI is InChI=1S/C14H22BrN/c1-13-8-4-5-9-14(13)12-16(2)11-7-3-6-10-15/h4-5,8-9H,3,6-7,10-12H2,1-2H3. The van der Waals surface area contributed by atoms with E-state index in [2.05, 4.69) is 59.1 Å². The molecule has 0 bridgehead atoms.